The van der Waals surface area contributed by atoms with Crippen molar-refractivity contribution < 1.29 is 14.3 Å². The van der Waals surface area contributed by atoms with Crippen molar-refractivity contribution in [3.05, 3.63) is 70.6 Å². The molecule has 4 unspecified atom stereocenters. The molecule has 1 heterocycles. The molecule has 2 aliphatic rings. The third kappa shape index (κ3) is 6.20. The van der Waals surface area contributed by atoms with Crippen molar-refractivity contribution in [3.8, 4) is 5.75 Å². The zero-order chi connectivity index (χ0) is 23.2. The Hall–Kier alpha value is -2.73. The van der Waals surface area contributed by atoms with E-state index >= 15 is 0 Å². The molecule has 0 aromatic heterocycles. The van der Waals surface area contributed by atoms with Crippen molar-refractivity contribution in [2.24, 2.45) is 5.92 Å². The van der Waals surface area contributed by atoms with Gasteiger partial charge in [0.1, 0.15) is 5.75 Å². The number of nitrogens with one attached hydrogen (secondary N) is 2. The molecule has 0 spiro atoms. The summed E-state index contributed by atoms with van der Waals surface area (Å²) in [5.74, 6) is 0.788. The molecule has 2 aromatic rings. The van der Waals surface area contributed by atoms with E-state index in [1.807, 2.05) is 48.5 Å². The molecule has 0 radical (unpaired) electrons. The number of fused-ring (bicyclic) bond motifs is 1. The molecular formula is C27H32N2O3S. The highest BCUT2D eigenvalue weighted by atomic mass is 32.2. The predicted molar refractivity (Wildman–Crippen MR) is 134 cm³/mol. The van der Waals surface area contributed by atoms with Crippen LogP contribution >= 0.6 is 11.8 Å². The number of hydrogen-bond donors (Lipinski definition) is 2. The molecule has 1 aliphatic heterocycles. The third-order valence-electron chi connectivity index (χ3n) is 6.47. The summed E-state index contributed by atoms with van der Waals surface area (Å²) >= 11 is 1.64. The van der Waals surface area contributed by atoms with Gasteiger partial charge in [0.15, 0.2) is 0 Å². The number of carbonyl (C=O) groups is 2. The lowest BCUT2D eigenvalue weighted by molar-refractivity contribution is -0.127. The molecule has 1 saturated carbocycles. The van der Waals surface area contributed by atoms with E-state index in [9.17, 15) is 9.59 Å². The minimum absolute atomic E-state index is 0.0362. The number of thioether (sulfide) groups is 1. The molecule has 33 heavy (non-hydrogen) atoms. The molecule has 0 bridgehead atoms. The summed E-state index contributed by atoms with van der Waals surface area (Å²) in [6, 6.07) is 18.2. The Morgan fingerprint density at radius 2 is 2.03 bits per heavy atom. The first-order chi connectivity index (χ1) is 16.0. The van der Waals surface area contributed by atoms with Gasteiger partial charge in [0, 0.05) is 23.3 Å². The number of carbonyl (C=O) groups excluding carboxylic acids is 2. The molecule has 6 heteroatoms. The number of hydrogen-bond acceptors (Lipinski definition) is 4. The van der Waals surface area contributed by atoms with Gasteiger partial charge in [-0.1, -0.05) is 42.5 Å². The van der Waals surface area contributed by atoms with Crippen LogP contribution in [0.5, 0.6) is 5.75 Å². The van der Waals surface area contributed by atoms with Gasteiger partial charge in [0.25, 0.3) is 5.91 Å². The summed E-state index contributed by atoms with van der Waals surface area (Å²) in [6.07, 6.45) is 6.26. The van der Waals surface area contributed by atoms with Crippen molar-refractivity contribution >= 4 is 29.7 Å². The number of methoxy groups -OCH3 is 1. The van der Waals surface area contributed by atoms with E-state index in [0.717, 1.165) is 41.9 Å². The van der Waals surface area contributed by atoms with Crippen LogP contribution in [0, 0.1) is 5.92 Å². The zero-order valence-corrected chi connectivity index (χ0v) is 20.1. The molecule has 5 nitrogen and oxygen atoms in total. The van der Waals surface area contributed by atoms with Gasteiger partial charge in [-0.2, -0.15) is 0 Å². The second-order valence-corrected chi connectivity index (χ2v) is 10.2. The van der Waals surface area contributed by atoms with Crippen LogP contribution in [0.15, 0.2) is 59.5 Å². The SMILES string of the molecule is COc1cccc(/C=C2/SC3CCC(C(=O)NC(C)CCc4ccccc4)CC3NC2=O)c1. The second-order valence-electron chi connectivity index (χ2n) is 8.97. The lowest BCUT2D eigenvalue weighted by atomic mass is 9.84. The van der Waals surface area contributed by atoms with Gasteiger partial charge < -0.3 is 15.4 Å². The van der Waals surface area contributed by atoms with E-state index in [1.165, 1.54) is 5.56 Å². The minimum Gasteiger partial charge on any atom is -0.497 e. The van der Waals surface area contributed by atoms with Gasteiger partial charge in [-0.25, -0.2) is 0 Å². The monoisotopic (exact) mass is 464 g/mol. The van der Waals surface area contributed by atoms with Crippen LogP contribution in [0.2, 0.25) is 0 Å². The molecule has 1 aliphatic carbocycles. The first kappa shape index (κ1) is 23.4. The molecule has 4 rings (SSSR count). The predicted octanol–water partition coefficient (Wildman–Crippen LogP) is 4.57. The van der Waals surface area contributed by atoms with Crippen molar-refractivity contribution in [3.63, 3.8) is 0 Å². The fourth-order valence-electron chi connectivity index (χ4n) is 4.57. The van der Waals surface area contributed by atoms with Crippen LogP contribution in [-0.4, -0.2) is 36.3 Å². The highest BCUT2D eigenvalue weighted by Gasteiger charge is 2.39. The Balaban J connectivity index is 1.30. The molecule has 4 atom stereocenters. The normalized spacial score (nSPS) is 24.5. The summed E-state index contributed by atoms with van der Waals surface area (Å²) < 4.78 is 5.28. The maximum absolute atomic E-state index is 12.9. The van der Waals surface area contributed by atoms with Crippen LogP contribution in [-0.2, 0) is 16.0 Å². The summed E-state index contributed by atoms with van der Waals surface area (Å²) in [7, 11) is 1.64. The Bertz CT molecular complexity index is 1010. The quantitative estimate of drug-likeness (QED) is 0.589. The number of aryl methyl sites for hydroxylation is 1. The highest BCUT2D eigenvalue weighted by Crippen LogP contribution is 2.40. The van der Waals surface area contributed by atoms with Crippen LogP contribution in [0.1, 0.15) is 43.7 Å². The van der Waals surface area contributed by atoms with Crippen LogP contribution in [0.25, 0.3) is 6.08 Å². The Labute approximate surface area is 200 Å². The van der Waals surface area contributed by atoms with Gasteiger partial charge in [0.05, 0.1) is 12.0 Å². The fourth-order valence-corrected chi connectivity index (χ4v) is 5.87. The van der Waals surface area contributed by atoms with Crippen molar-refractivity contribution in [2.45, 2.75) is 56.4 Å². The van der Waals surface area contributed by atoms with Crippen LogP contribution in [0.4, 0.5) is 0 Å². The smallest absolute Gasteiger partial charge is 0.257 e. The molecule has 2 N–H and O–H groups in total. The highest BCUT2D eigenvalue weighted by molar-refractivity contribution is 8.04. The van der Waals surface area contributed by atoms with Gasteiger partial charge in [-0.05, 0) is 68.4 Å². The van der Waals surface area contributed by atoms with Crippen molar-refractivity contribution in [2.75, 3.05) is 7.11 Å². The van der Waals surface area contributed by atoms with E-state index in [4.69, 9.17) is 4.74 Å². The fraction of sp³-hybridized carbons (Fsp3) is 0.407. The van der Waals surface area contributed by atoms with E-state index in [-0.39, 0.29) is 29.8 Å². The molecule has 2 fully saturated rings. The summed E-state index contributed by atoms with van der Waals surface area (Å²) in [4.78, 5) is 26.4. The Kier molecular flexibility index (Phi) is 7.76. The van der Waals surface area contributed by atoms with Crippen molar-refractivity contribution in [1.29, 1.82) is 0 Å². The molecule has 2 amide bonds. The van der Waals surface area contributed by atoms with Crippen LogP contribution < -0.4 is 15.4 Å². The lowest BCUT2D eigenvalue weighted by Crippen LogP contribution is -2.52. The maximum Gasteiger partial charge on any atom is 0.257 e. The first-order valence-electron chi connectivity index (χ1n) is 11.7. The second kappa shape index (κ2) is 10.9. The van der Waals surface area contributed by atoms with E-state index in [1.54, 1.807) is 18.9 Å². The number of ether oxygens (including phenoxy) is 1. The zero-order valence-electron chi connectivity index (χ0n) is 19.3. The molecule has 1 saturated heterocycles. The van der Waals surface area contributed by atoms with Crippen molar-refractivity contribution in [1.82, 2.24) is 10.6 Å². The van der Waals surface area contributed by atoms with E-state index < -0.39 is 0 Å². The van der Waals surface area contributed by atoms with Crippen LogP contribution in [0.3, 0.4) is 0 Å². The number of benzene rings is 2. The molecule has 174 valence electrons. The topological polar surface area (TPSA) is 67.4 Å². The summed E-state index contributed by atoms with van der Waals surface area (Å²) in [6.45, 7) is 2.07. The number of amides is 2. The maximum atomic E-state index is 12.9. The standard InChI is InChI=1S/C27H32N2O3S/c1-18(11-12-19-7-4-3-5-8-19)28-26(30)21-13-14-24-23(17-21)29-27(31)25(33-24)16-20-9-6-10-22(15-20)32-2/h3-10,15-16,18,21,23-24H,11-14,17H2,1-2H3,(H,28,30)(H,29,31)/b25-16+. The van der Waals surface area contributed by atoms with Gasteiger partial charge in [-0.15, -0.1) is 11.8 Å². The largest absolute Gasteiger partial charge is 0.497 e. The van der Waals surface area contributed by atoms with Gasteiger partial charge in [-0.3, -0.25) is 9.59 Å². The van der Waals surface area contributed by atoms with E-state index in [2.05, 4.69) is 29.7 Å². The molecule has 2 aromatic carbocycles. The minimum atomic E-state index is -0.0543. The molecular weight excluding hydrogens is 432 g/mol. The average molecular weight is 465 g/mol. The van der Waals surface area contributed by atoms with Gasteiger partial charge >= 0.3 is 0 Å². The first-order valence-corrected chi connectivity index (χ1v) is 12.6. The average Bonchev–Trinajstić information content (AvgIpc) is 2.83. The van der Waals surface area contributed by atoms with E-state index in [0.29, 0.717) is 11.7 Å². The van der Waals surface area contributed by atoms with Gasteiger partial charge in [0.2, 0.25) is 5.91 Å². The number of rotatable bonds is 7. The summed E-state index contributed by atoms with van der Waals surface area (Å²) in [5.41, 5.74) is 2.24. The third-order valence-corrected chi connectivity index (χ3v) is 7.89. The Morgan fingerprint density at radius 3 is 2.82 bits per heavy atom. The summed E-state index contributed by atoms with van der Waals surface area (Å²) in [5, 5.41) is 6.66. The Morgan fingerprint density at radius 1 is 1.21 bits per heavy atom. The lowest BCUT2D eigenvalue weighted by Gasteiger charge is -2.39.